The van der Waals surface area contributed by atoms with Crippen LogP contribution >= 0.6 is 0 Å². The van der Waals surface area contributed by atoms with Gasteiger partial charge in [-0.1, -0.05) is 36.4 Å². The Labute approximate surface area is 103 Å². The summed E-state index contributed by atoms with van der Waals surface area (Å²) >= 11 is 0. The van der Waals surface area contributed by atoms with Crippen LogP contribution in [0.15, 0.2) is 42.0 Å². The Morgan fingerprint density at radius 2 is 1.94 bits per heavy atom. The van der Waals surface area contributed by atoms with Gasteiger partial charge in [-0.05, 0) is 36.8 Å². The fraction of sp³-hybridized carbons (Fsp3) is 0.467. The fourth-order valence-electron chi connectivity index (χ4n) is 2.42. The van der Waals surface area contributed by atoms with Crippen molar-refractivity contribution >= 4 is 0 Å². The maximum atomic E-state index is 10.4. The van der Waals surface area contributed by atoms with Crippen LogP contribution in [0.3, 0.4) is 0 Å². The first-order chi connectivity index (χ1) is 8.33. The Bertz CT molecular complexity index is 370. The van der Waals surface area contributed by atoms with Gasteiger partial charge in [-0.25, -0.2) is 0 Å². The fourth-order valence-corrected chi connectivity index (χ4v) is 2.42. The van der Waals surface area contributed by atoms with E-state index in [9.17, 15) is 5.11 Å². The lowest BCUT2D eigenvalue weighted by Crippen LogP contribution is -2.23. The largest absolute Gasteiger partial charge is 0.386 e. The SMILES string of the molecule is COC(c1ccccc1)C(O)C1=CCCCC1. The molecule has 0 saturated carbocycles. The van der Waals surface area contributed by atoms with Gasteiger partial charge in [-0.15, -0.1) is 0 Å². The highest BCUT2D eigenvalue weighted by molar-refractivity contribution is 5.23. The zero-order valence-electron chi connectivity index (χ0n) is 10.3. The van der Waals surface area contributed by atoms with Crippen molar-refractivity contribution in [2.45, 2.75) is 37.9 Å². The van der Waals surface area contributed by atoms with Crippen molar-refractivity contribution in [2.24, 2.45) is 0 Å². The molecule has 1 aliphatic rings. The van der Waals surface area contributed by atoms with Gasteiger partial charge < -0.3 is 9.84 Å². The van der Waals surface area contributed by atoms with Gasteiger partial charge in [0.15, 0.2) is 0 Å². The molecule has 1 aliphatic carbocycles. The van der Waals surface area contributed by atoms with Crippen molar-refractivity contribution in [3.8, 4) is 0 Å². The molecule has 0 aromatic heterocycles. The van der Waals surface area contributed by atoms with E-state index in [1.807, 2.05) is 30.3 Å². The number of hydrogen-bond donors (Lipinski definition) is 1. The van der Waals surface area contributed by atoms with Crippen molar-refractivity contribution in [2.75, 3.05) is 7.11 Å². The first-order valence-corrected chi connectivity index (χ1v) is 6.27. The maximum absolute atomic E-state index is 10.4. The van der Waals surface area contributed by atoms with Crippen LogP contribution in [-0.4, -0.2) is 18.3 Å². The summed E-state index contributed by atoms with van der Waals surface area (Å²) in [6, 6.07) is 9.93. The Kier molecular flexibility index (Phi) is 4.35. The minimum Gasteiger partial charge on any atom is -0.386 e. The number of benzene rings is 1. The molecule has 0 fully saturated rings. The number of rotatable bonds is 4. The third kappa shape index (κ3) is 2.96. The second-order valence-electron chi connectivity index (χ2n) is 4.54. The number of allylic oxidation sites excluding steroid dienone is 1. The van der Waals surface area contributed by atoms with Crippen LogP contribution < -0.4 is 0 Å². The van der Waals surface area contributed by atoms with Crippen molar-refractivity contribution < 1.29 is 9.84 Å². The molecule has 1 aromatic carbocycles. The van der Waals surface area contributed by atoms with E-state index in [2.05, 4.69) is 6.08 Å². The van der Waals surface area contributed by atoms with Crippen molar-refractivity contribution in [3.05, 3.63) is 47.5 Å². The number of aliphatic hydroxyl groups excluding tert-OH is 1. The zero-order chi connectivity index (χ0) is 12.1. The van der Waals surface area contributed by atoms with Crippen LogP contribution in [0.2, 0.25) is 0 Å². The third-order valence-corrected chi connectivity index (χ3v) is 3.37. The van der Waals surface area contributed by atoms with Crippen LogP contribution in [0.5, 0.6) is 0 Å². The third-order valence-electron chi connectivity index (χ3n) is 3.37. The molecule has 0 amide bonds. The molecule has 2 nitrogen and oxygen atoms in total. The van der Waals surface area contributed by atoms with E-state index in [1.165, 1.54) is 12.8 Å². The van der Waals surface area contributed by atoms with Gasteiger partial charge in [0.2, 0.25) is 0 Å². The summed E-state index contributed by atoms with van der Waals surface area (Å²) in [5.41, 5.74) is 2.17. The van der Waals surface area contributed by atoms with E-state index >= 15 is 0 Å². The molecular formula is C15H20O2. The van der Waals surface area contributed by atoms with E-state index < -0.39 is 6.10 Å². The predicted molar refractivity (Wildman–Crippen MR) is 68.7 cm³/mol. The van der Waals surface area contributed by atoms with Gasteiger partial charge in [-0.3, -0.25) is 0 Å². The molecule has 2 rings (SSSR count). The average molecular weight is 232 g/mol. The highest BCUT2D eigenvalue weighted by Gasteiger charge is 2.24. The van der Waals surface area contributed by atoms with E-state index in [-0.39, 0.29) is 6.10 Å². The number of ether oxygens (including phenoxy) is 1. The molecule has 2 unspecified atom stereocenters. The van der Waals surface area contributed by atoms with Crippen LogP contribution in [-0.2, 0) is 4.74 Å². The Balaban J connectivity index is 2.15. The molecule has 0 bridgehead atoms. The Morgan fingerprint density at radius 1 is 1.18 bits per heavy atom. The molecule has 92 valence electrons. The standard InChI is InChI=1S/C15H20O2/c1-17-15(13-10-6-3-7-11-13)14(16)12-8-4-2-5-9-12/h3,6-8,10-11,14-16H,2,4-5,9H2,1H3. The quantitative estimate of drug-likeness (QED) is 0.808. The summed E-state index contributed by atoms with van der Waals surface area (Å²) in [6.07, 6.45) is 5.89. The van der Waals surface area contributed by atoms with E-state index in [1.54, 1.807) is 7.11 Å². The van der Waals surface area contributed by atoms with Crippen LogP contribution in [0.25, 0.3) is 0 Å². The number of hydrogen-bond acceptors (Lipinski definition) is 2. The summed E-state index contributed by atoms with van der Waals surface area (Å²) in [4.78, 5) is 0. The predicted octanol–water partition coefficient (Wildman–Crippen LogP) is 3.24. The minimum atomic E-state index is -0.511. The maximum Gasteiger partial charge on any atom is 0.112 e. The zero-order valence-corrected chi connectivity index (χ0v) is 10.3. The summed E-state index contributed by atoms with van der Waals surface area (Å²) in [5.74, 6) is 0. The monoisotopic (exact) mass is 232 g/mol. The van der Waals surface area contributed by atoms with Gasteiger partial charge in [-0.2, -0.15) is 0 Å². The molecule has 0 saturated heterocycles. The van der Waals surface area contributed by atoms with Gasteiger partial charge in [0.25, 0.3) is 0 Å². The lowest BCUT2D eigenvalue weighted by molar-refractivity contribution is 0.00312. The summed E-state index contributed by atoms with van der Waals surface area (Å²) in [6.45, 7) is 0. The highest BCUT2D eigenvalue weighted by atomic mass is 16.5. The van der Waals surface area contributed by atoms with Gasteiger partial charge >= 0.3 is 0 Å². The van der Waals surface area contributed by atoms with Gasteiger partial charge in [0, 0.05) is 7.11 Å². The first-order valence-electron chi connectivity index (χ1n) is 6.27. The highest BCUT2D eigenvalue weighted by Crippen LogP contribution is 2.30. The molecule has 0 spiro atoms. The molecule has 2 atom stereocenters. The normalized spacial score (nSPS) is 19.5. The molecule has 17 heavy (non-hydrogen) atoms. The van der Waals surface area contributed by atoms with Gasteiger partial charge in [0.1, 0.15) is 12.2 Å². The second-order valence-corrected chi connectivity index (χ2v) is 4.54. The number of aliphatic hydroxyl groups is 1. The van der Waals surface area contributed by atoms with Crippen molar-refractivity contribution in [1.29, 1.82) is 0 Å². The average Bonchev–Trinajstić information content (AvgIpc) is 2.42. The smallest absolute Gasteiger partial charge is 0.112 e. The van der Waals surface area contributed by atoms with E-state index in [0.717, 1.165) is 24.0 Å². The summed E-state index contributed by atoms with van der Waals surface area (Å²) < 4.78 is 5.46. The lowest BCUT2D eigenvalue weighted by atomic mass is 9.90. The molecular weight excluding hydrogens is 212 g/mol. The summed E-state index contributed by atoms with van der Waals surface area (Å²) in [5, 5.41) is 10.4. The van der Waals surface area contributed by atoms with Crippen LogP contribution in [0.4, 0.5) is 0 Å². The molecule has 0 heterocycles. The van der Waals surface area contributed by atoms with Gasteiger partial charge in [0.05, 0.1) is 0 Å². The molecule has 0 radical (unpaired) electrons. The van der Waals surface area contributed by atoms with E-state index in [4.69, 9.17) is 4.74 Å². The van der Waals surface area contributed by atoms with Crippen molar-refractivity contribution in [1.82, 2.24) is 0 Å². The number of methoxy groups -OCH3 is 1. The molecule has 0 aliphatic heterocycles. The lowest BCUT2D eigenvalue weighted by Gasteiger charge is -2.26. The molecule has 2 heteroatoms. The topological polar surface area (TPSA) is 29.5 Å². The molecule has 1 N–H and O–H groups in total. The Morgan fingerprint density at radius 3 is 2.53 bits per heavy atom. The molecule has 1 aromatic rings. The Hall–Kier alpha value is -1.12. The second kappa shape index (κ2) is 5.99. The first kappa shape index (κ1) is 12.3. The van der Waals surface area contributed by atoms with Crippen LogP contribution in [0.1, 0.15) is 37.4 Å². The minimum absolute atomic E-state index is 0.249. The van der Waals surface area contributed by atoms with Crippen LogP contribution in [0, 0.1) is 0 Å². The summed E-state index contributed by atoms with van der Waals surface area (Å²) in [7, 11) is 1.66. The van der Waals surface area contributed by atoms with E-state index in [0.29, 0.717) is 0 Å². The van der Waals surface area contributed by atoms with Crippen molar-refractivity contribution in [3.63, 3.8) is 0 Å².